The zero-order valence-corrected chi connectivity index (χ0v) is 8.85. The van der Waals surface area contributed by atoms with E-state index in [9.17, 15) is 0 Å². The Labute approximate surface area is 95.9 Å². The quantitative estimate of drug-likeness (QED) is 0.604. The van der Waals surface area contributed by atoms with Crippen molar-refractivity contribution in [2.45, 2.75) is 0 Å². The van der Waals surface area contributed by atoms with Crippen molar-refractivity contribution in [1.29, 1.82) is 0 Å². The lowest BCUT2D eigenvalue weighted by molar-refractivity contribution is 0.457. The first kappa shape index (κ1) is 9.30. The number of fused-ring (bicyclic) bond motifs is 1. The molecule has 0 atom stereocenters. The molecule has 0 aliphatic carbocycles. The van der Waals surface area contributed by atoms with E-state index in [0.717, 1.165) is 16.5 Å². The van der Waals surface area contributed by atoms with Crippen molar-refractivity contribution >= 4 is 22.6 Å². The SMILES string of the molecule is Clc1ncncc1-c1cccc2cnoc12. The fraction of sp³-hybridized carbons (Fsp3) is 0. The number of aromatic nitrogens is 3. The first-order chi connectivity index (χ1) is 7.86. The summed E-state index contributed by atoms with van der Waals surface area (Å²) in [6.07, 6.45) is 4.73. The van der Waals surface area contributed by atoms with E-state index in [-0.39, 0.29) is 0 Å². The van der Waals surface area contributed by atoms with E-state index in [4.69, 9.17) is 16.1 Å². The van der Waals surface area contributed by atoms with Crippen LogP contribution in [0.1, 0.15) is 0 Å². The Kier molecular flexibility index (Phi) is 2.08. The molecule has 3 aromatic rings. The number of benzene rings is 1. The molecule has 0 aliphatic heterocycles. The van der Waals surface area contributed by atoms with Crippen molar-refractivity contribution in [2.75, 3.05) is 0 Å². The molecule has 3 rings (SSSR count). The van der Waals surface area contributed by atoms with Gasteiger partial charge in [0.25, 0.3) is 0 Å². The zero-order chi connectivity index (χ0) is 11.0. The monoisotopic (exact) mass is 231 g/mol. The Morgan fingerprint density at radius 1 is 1.12 bits per heavy atom. The fourth-order valence-electron chi connectivity index (χ4n) is 1.60. The molecule has 0 spiro atoms. The van der Waals surface area contributed by atoms with Gasteiger partial charge in [-0.2, -0.15) is 0 Å². The van der Waals surface area contributed by atoms with Crippen molar-refractivity contribution in [1.82, 2.24) is 15.1 Å². The summed E-state index contributed by atoms with van der Waals surface area (Å²) < 4.78 is 5.19. The van der Waals surface area contributed by atoms with Gasteiger partial charge in [0.1, 0.15) is 11.5 Å². The average Bonchev–Trinajstić information content (AvgIpc) is 2.77. The Morgan fingerprint density at radius 3 is 2.94 bits per heavy atom. The molecule has 0 fully saturated rings. The minimum absolute atomic E-state index is 0.402. The maximum absolute atomic E-state index is 6.01. The van der Waals surface area contributed by atoms with Crippen LogP contribution in [0.2, 0.25) is 5.15 Å². The zero-order valence-electron chi connectivity index (χ0n) is 8.09. The number of halogens is 1. The molecule has 2 heterocycles. The van der Waals surface area contributed by atoms with Crippen molar-refractivity contribution in [3.8, 4) is 11.1 Å². The predicted molar refractivity (Wildman–Crippen MR) is 60.0 cm³/mol. The highest BCUT2D eigenvalue weighted by Gasteiger charge is 2.11. The number of rotatable bonds is 1. The molecule has 0 saturated heterocycles. The van der Waals surface area contributed by atoms with Gasteiger partial charge in [0.15, 0.2) is 5.58 Å². The third-order valence-corrected chi connectivity index (χ3v) is 2.64. The minimum atomic E-state index is 0.402. The van der Waals surface area contributed by atoms with Gasteiger partial charge in [-0.1, -0.05) is 28.9 Å². The van der Waals surface area contributed by atoms with Crippen molar-refractivity contribution < 1.29 is 4.52 Å². The summed E-state index contributed by atoms with van der Waals surface area (Å²) in [4.78, 5) is 7.89. The van der Waals surface area contributed by atoms with Crippen LogP contribution in [-0.2, 0) is 0 Å². The summed E-state index contributed by atoms with van der Waals surface area (Å²) in [5.41, 5.74) is 2.28. The molecule has 78 valence electrons. The predicted octanol–water partition coefficient (Wildman–Crippen LogP) is 2.94. The molecule has 0 aliphatic rings. The highest BCUT2D eigenvalue weighted by molar-refractivity contribution is 6.32. The number of hydrogen-bond acceptors (Lipinski definition) is 4. The molecule has 0 unspecified atom stereocenters. The average molecular weight is 232 g/mol. The highest BCUT2D eigenvalue weighted by atomic mass is 35.5. The molecule has 0 bridgehead atoms. The number of hydrogen-bond donors (Lipinski definition) is 0. The van der Waals surface area contributed by atoms with E-state index < -0.39 is 0 Å². The second kappa shape index (κ2) is 3.57. The van der Waals surface area contributed by atoms with E-state index in [2.05, 4.69) is 15.1 Å². The van der Waals surface area contributed by atoms with E-state index in [1.807, 2.05) is 18.2 Å². The van der Waals surface area contributed by atoms with E-state index in [1.54, 1.807) is 12.4 Å². The molecule has 16 heavy (non-hydrogen) atoms. The summed E-state index contributed by atoms with van der Waals surface area (Å²) in [6.45, 7) is 0. The molecular formula is C11H6ClN3O. The van der Waals surface area contributed by atoms with Gasteiger partial charge in [-0.25, -0.2) is 9.97 Å². The normalized spacial score (nSPS) is 10.8. The Bertz CT molecular complexity index is 650. The smallest absolute Gasteiger partial charge is 0.174 e. The van der Waals surface area contributed by atoms with E-state index >= 15 is 0 Å². The maximum atomic E-state index is 6.01. The van der Waals surface area contributed by atoms with Crippen LogP contribution in [0.15, 0.2) is 41.4 Å². The standard InChI is InChI=1S/C11H6ClN3O/c12-11-9(5-13-6-14-11)8-3-1-2-7-4-15-16-10(7)8/h1-6H. The maximum Gasteiger partial charge on any atom is 0.174 e. The number of nitrogens with zero attached hydrogens (tertiary/aromatic N) is 3. The van der Waals surface area contributed by atoms with Gasteiger partial charge in [0, 0.05) is 22.7 Å². The third kappa shape index (κ3) is 1.35. The summed E-state index contributed by atoms with van der Waals surface area (Å²) >= 11 is 6.01. The van der Waals surface area contributed by atoms with Gasteiger partial charge in [0.05, 0.1) is 6.20 Å². The largest absolute Gasteiger partial charge is 0.356 e. The van der Waals surface area contributed by atoms with Crippen molar-refractivity contribution in [2.24, 2.45) is 0 Å². The summed E-state index contributed by atoms with van der Waals surface area (Å²) in [7, 11) is 0. The first-order valence-corrected chi connectivity index (χ1v) is 5.03. The molecule has 1 aromatic carbocycles. The Hall–Kier alpha value is -1.94. The van der Waals surface area contributed by atoms with E-state index in [0.29, 0.717) is 10.7 Å². The highest BCUT2D eigenvalue weighted by Crippen LogP contribution is 2.31. The first-order valence-electron chi connectivity index (χ1n) is 4.65. The molecule has 0 N–H and O–H groups in total. The molecule has 0 radical (unpaired) electrons. The molecule has 4 nitrogen and oxygen atoms in total. The van der Waals surface area contributed by atoms with Crippen LogP contribution in [0, 0.1) is 0 Å². The molecule has 5 heteroatoms. The van der Waals surface area contributed by atoms with Crippen molar-refractivity contribution in [3.63, 3.8) is 0 Å². The molecule has 0 amide bonds. The van der Waals surface area contributed by atoms with Crippen molar-refractivity contribution in [3.05, 3.63) is 42.1 Å². The van der Waals surface area contributed by atoms with Crippen LogP contribution < -0.4 is 0 Å². The summed E-state index contributed by atoms with van der Waals surface area (Å²) in [5, 5.41) is 5.09. The fourth-order valence-corrected chi connectivity index (χ4v) is 1.80. The van der Waals surface area contributed by atoms with Crippen LogP contribution >= 0.6 is 11.6 Å². The van der Waals surface area contributed by atoms with Crippen LogP contribution in [0.4, 0.5) is 0 Å². The van der Waals surface area contributed by atoms with Gasteiger partial charge in [0.2, 0.25) is 0 Å². The topological polar surface area (TPSA) is 51.8 Å². The molecular weight excluding hydrogens is 226 g/mol. The van der Waals surface area contributed by atoms with Gasteiger partial charge in [-0.3, -0.25) is 0 Å². The van der Waals surface area contributed by atoms with Crippen LogP contribution in [0.3, 0.4) is 0 Å². The van der Waals surface area contributed by atoms with Crippen LogP contribution in [0.25, 0.3) is 22.1 Å². The number of para-hydroxylation sites is 1. The molecule has 2 aromatic heterocycles. The Balaban J connectivity index is 2.34. The summed E-state index contributed by atoms with van der Waals surface area (Å²) in [5.74, 6) is 0. The lowest BCUT2D eigenvalue weighted by Gasteiger charge is -2.02. The molecule has 0 saturated carbocycles. The summed E-state index contributed by atoms with van der Waals surface area (Å²) in [6, 6.07) is 5.74. The van der Waals surface area contributed by atoms with Gasteiger partial charge in [-0.05, 0) is 6.07 Å². The Morgan fingerprint density at radius 2 is 2.06 bits per heavy atom. The van der Waals surface area contributed by atoms with Crippen LogP contribution in [0.5, 0.6) is 0 Å². The third-order valence-electron chi connectivity index (χ3n) is 2.34. The lowest BCUT2D eigenvalue weighted by atomic mass is 10.1. The lowest BCUT2D eigenvalue weighted by Crippen LogP contribution is -1.85. The van der Waals surface area contributed by atoms with Gasteiger partial charge in [-0.15, -0.1) is 0 Å². The van der Waals surface area contributed by atoms with Gasteiger partial charge < -0.3 is 4.52 Å². The van der Waals surface area contributed by atoms with Gasteiger partial charge >= 0.3 is 0 Å². The second-order valence-corrected chi connectivity index (χ2v) is 3.63. The second-order valence-electron chi connectivity index (χ2n) is 3.28. The minimum Gasteiger partial charge on any atom is -0.356 e. The van der Waals surface area contributed by atoms with E-state index in [1.165, 1.54) is 6.33 Å². The van der Waals surface area contributed by atoms with Crippen LogP contribution in [-0.4, -0.2) is 15.1 Å².